The van der Waals surface area contributed by atoms with Gasteiger partial charge in [0, 0.05) is 51.6 Å². The van der Waals surface area contributed by atoms with Gasteiger partial charge in [-0.15, -0.1) is 0 Å². The van der Waals surface area contributed by atoms with Crippen LogP contribution in [0.1, 0.15) is 166 Å². The molecule has 10 aliphatic rings. The Morgan fingerprint density at radius 3 is 2.33 bits per heavy atom. The van der Waals surface area contributed by atoms with Crippen molar-refractivity contribution in [3.63, 3.8) is 0 Å². The number of allylic oxidation sites excluding steroid dienone is 13. The average molecular weight is 879 g/mol. The number of aliphatic imine (C=N–C) groups is 1. The molecule has 0 saturated heterocycles. The topological polar surface area (TPSA) is 42.9 Å². The molecule has 2 saturated carbocycles. The molecule has 66 heavy (non-hydrogen) atoms. The van der Waals surface area contributed by atoms with Crippen LogP contribution in [0, 0.1) is 23.2 Å². The van der Waals surface area contributed by atoms with Crippen molar-refractivity contribution < 1.29 is 9.47 Å². The summed E-state index contributed by atoms with van der Waals surface area (Å²) in [6.07, 6.45) is 45.9. The van der Waals surface area contributed by atoms with Gasteiger partial charge < -0.3 is 9.47 Å². The van der Waals surface area contributed by atoms with E-state index in [4.69, 9.17) is 14.5 Å². The SMILES string of the molecule is CC1=C(C2N=C(C3=C4Oc5ccccc5C(C5=CC=CCC5)(C5CCCCC5)C4(C)CCC3)CC(C3CC=CC4=C3OC3CCCC=C3C4(c3ccccc3)C3CCCCC3)N2)CCC=C1. The maximum atomic E-state index is 7.62. The molecule has 2 aromatic carbocycles. The molecular weight excluding hydrogens is 805 g/mol. The minimum Gasteiger partial charge on any atom is -0.490 e. The Morgan fingerprint density at radius 1 is 0.742 bits per heavy atom. The average Bonchev–Trinajstić information content (AvgIpc) is 3.38. The monoisotopic (exact) mass is 879 g/mol. The van der Waals surface area contributed by atoms with Gasteiger partial charge in [-0.1, -0.05) is 148 Å². The molecule has 2 fully saturated rings. The molecule has 4 heteroatoms. The third-order valence-corrected chi connectivity index (χ3v) is 19.0. The fourth-order valence-corrected chi connectivity index (χ4v) is 16.2. The van der Waals surface area contributed by atoms with Crippen molar-refractivity contribution in [2.24, 2.45) is 28.2 Å². The Labute approximate surface area is 396 Å². The number of hydrogen-bond acceptors (Lipinski definition) is 4. The smallest absolute Gasteiger partial charge is 0.131 e. The minimum absolute atomic E-state index is 0.0731. The number of rotatable bonds is 7. The lowest BCUT2D eigenvalue weighted by atomic mass is 9.45. The van der Waals surface area contributed by atoms with Crippen LogP contribution in [-0.4, -0.2) is 24.0 Å². The van der Waals surface area contributed by atoms with E-state index in [9.17, 15) is 0 Å². The largest absolute Gasteiger partial charge is 0.490 e. The molecule has 3 heterocycles. The van der Waals surface area contributed by atoms with Crippen molar-refractivity contribution in [1.82, 2.24) is 5.32 Å². The highest BCUT2D eigenvalue weighted by Crippen LogP contribution is 2.68. The van der Waals surface area contributed by atoms with E-state index in [1.54, 1.807) is 11.1 Å². The van der Waals surface area contributed by atoms with Crippen LogP contribution in [-0.2, 0) is 15.6 Å². The molecule has 0 amide bonds. The predicted molar refractivity (Wildman–Crippen MR) is 270 cm³/mol. The lowest BCUT2D eigenvalue weighted by Gasteiger charge is -2.61. The summed E-state index contributed by atoms with van der Waals surface area (Å²) in [4.78, 5) is 5.96. The van der Waals surface area contributed by atoms with Crippen molar-refractivity contribution in [2.75, 3.05) is 0 Å². The van der Waals surface area contributed by atoms with E-state index >= 15 is 0 Å². The molecule has 4 nitrogen and oxygen atoms in total. The molecule has 1 N–H and O–H groups in total. The third-order valence-electron chi connectivity index (χ3n) is 19.0. The van der Waals surface area contributed by atoms with Gasteiger partial charge in [-0.05, 0) is 143 Å². The van der Waals surface area contributed by atoms with Gasteiger partial charge in [0.1, 0.15) is 29.5 Å². The van der Waals surface area contributed by atoms with Crippen LogP contribution >= 0.6 is 0 Å². The summed E-state index contributed by atoms with van der Waals surface area (Å²) in [7, 11) is 0. The van der Waals surface area contributed by atoms with Crippen LogP contribution in [0.15, 0.2) is 153 Å². The normalized spacial score (nSPS) is 34.8. The van der Waals surface area contributed by atoms with Gasteiger partial charge in [-0.25, -0.2) is 0 Å². The number of para-hydroxylation sites is 1. The molecular formula is C62H74N2O2. The second-order valence-electron chi connectivity index (χ2n) is 22.2. The summed E-state index contributed by atoms with van der Waals surface area (Å²) >= 11 is 0. The van der Waals surface area contributed by atoms with Crippen molar-refractivity contribution >= 4 is 5.71 Å². The van der Waals surface area contributed by atoms with E-state index in [1.165, 1.54) is 121 Å². The van der Waals surface area contributed by atoms with Gasteiger partial charge in [-0.3, -0.25) is 10.3 Å². The molecule has 3 aliphatic heterocycles. The molecule has 7 aliphatic carbocycles. The minimum atomic E-state index is -0.177. The maximum Gasteiger partial charge on any atom is 0.131 e. The Balaban J connectivity index is 1.03. The standard InChI is InChI=1S/C62H74N2O2/c1-42-23-15-16-32-47(42)59-63-53(48-33-21-37-52-57(48)65-55-38-19-17-35-50(55)61(52,43-24-7-3-8-25-43)44-26-9-4-10-27-44)41-54(64-59)49-34-22-40-60(2)58(49)66-56-39-20-18-36-51(56)62(60,45-28-11-5-12-29-45)46-30-13-6-14-31-46/h3,5,7-8,11,15,18,20-21,23-25,28,35-37,39,44,46,48,53,55,59,63H,4,6,9-10,12-14,16-17,19,22,26-27,29-34,38,40-41H2,1-2H3. The zero-order chi connectivity index (χ0) is 44.3. The quantitative estimate of drug-likeness (QED) is 0.282. The van der Waals surface area contributed by atoms with Crippen LogP contribution in [0.2, 0.25) is 0 Å². The van der Waals surface area contributed by atoms with Crippen molar-refractivity contribution in [2.45, 2.75) is 184 Å². The maximum absolute atomic E-state index is 7.62. The van der Waals surface area contributed by atoms with Crippen molar-refractivity contribution in [1.29, 1.82) is 0 Å². The first-order chi connectivity index (χ1) is 32.5. The Bertz CT molecular complexity index is 2500. The van der Waals surface area contributed by atoms with Gasteiger partial charge in [0.15, 0.2) is 0 Å². The van der Waals surface area contributed by atoms with Crippen LogP contribution in [0.3, 0.4) is 0 Å². The first-order valence-corrected chi connectivity index (χ1v) is 26.9. The van der Waals surface area contributed by atoms with E-state index in [2.05, 4.69) is 122 Å². The number of hydrogen-bond donors (Lipinski definition) is 1. The Morgan fingerprint density at radius 2 is 1.53 bits per heavy atom. The van der Waals surface area contributed by atoms with Gasteiger partial charge in [0.25, 0.3) is 0 Å². The number of benzene rings is 2. The fourth-order valence-electron chi connectivity index (χ4n) is 16.2. The van der Waals surface area contributed by atoms with Gasteiger partial charge in [0.2, 0.25) is 0 Å². The van der Waals surface area contributed by atoms with E-state index in [0.29, 0.717) is 11.8 Å². The summed E-state index contributed by atoms with van der Waals surface area (Å²) < 4.78 is 15.2. The second kappa shape index (κ2) is 17.6. The van der Waals surface area contributed by atoms with Crippen molar-refractivity contribution in [3.05, 3.63) is 159 Å². The summed E-state index contributed by atoms with van der Waals surface area (Å²) in [5, 5.41) is 4.34. The van der Waals surface area contributed by atoms with Crippen molar-refractivity contribution in [3.8, 4) is 5.75 Å². The van der Waals surface area contributed by atoms with Crippen LogP contribution in [0.5, 0.6) is 5.75 Å². The highest BCUT2D eigenvalue weighted by Gasteiger charge is 2.63. The van der Waals surface area contributed by atoms with E-state index in [1.807, 2.05) is 0 Å². The van der Waals surface area contributed by atoms with E-state index in [0.717, 1.165) is 76.4 Å². The Hall–Kier alpha value is -4.41. The molecule has 0 aromatic heterocycles. The summed E-state index contributed by atoms with van der Waals surface area (Å²) in [5.41, 5.74) is 12.7. The molecule has 0 bridgehead atoms. The summed E-state index contributed by atoms with van der Waals surface area (Å²) in [6, 6.07) is 21.2. The fraction of sp³-hybridized carbons (Fsp3) is 0.532. The number of nitrogens with zero attached hydrogens (tertiary/aromatic N) is 1. The van der Waals surface area contributed by atoms with E-state index in [-0.39, 0.29) is 40.5 Å². The summed E-state index contributed by atoms with van der Waals surface area (Å²) in [5.74, 6) is 4.98. The zero-order valence-corrected chi connectivity index (χ0v) is 40.1. The molecule has 0 spiro atoms. The summed E-state index contributed by atoms with van der Waals surface area (Å²) in [6.45, 7) is 4.96. The molecule has 7 atom stereocenters. The molecule has 12 rings (SSSR count). The number of fused-ring (bicyclic) bond motifs is 3. The second-order valence-corrected chi connectivity index (χ2v) is 22.2. The molecule has 0 radical (unpaired) electrons. The molecule has 7 unspecified atom stereocenters. The zero-order valence-electron chi connectivity index (χ0n) is 40.1. The highest BCUT2D eigenvalue weighted by atomic mass is 16.5. The lowest BCUT2D eigenvalue weighted by molar-refractivity contribution is 0.0361. The van der Waals surface area contributed by atoms with E-state index < -0.39 is 0 Å². The first-order valence-electron chi connectivity index (χ1n) is 26.9. The van der Waals surface area contributed by atoms with Crippen LogP contribution in [0.4, 0.5) is 0 Å². The number of ether oxygens (including phenoxy) is 2. The molecule has 2 aromatic rings. The van der Waals surface area contributed by atoms with Gasteiger partial charge >= 0.3 is 0 Å². The van der Waals surface area contributed by atoms with Gasteiger partial charge in [-0.2, -0.15) is 0 Å². The molecule has 344 valence electrons. The first kappa shape index (κ1) is 42.9. The lowest BCUT2D eigenvalue weighted by Crippen LogP contribution is -2.57. The van der Waals surface area contributed by atoms with Crippen LogP contribution < -0.4 is 10.1 Å². The van der Waals surface area contributed by atoms with Gasteiger partial charge in [0.05, 0.1) is 5.41 Å². The number of nitrogens with one attached hydrogen (secondary N) is 1. The predicted octanol–water partition coefficient (Wildman–Crippen LogP) is 15.3. The van der Waals surface area contributed by atoms with Crippen LogP contribution in [0.25, 0.3) is 0 Å². The third kappa shape index (κ3) is 6.71. The highest BCUT2D eigenvalue weighted by molar-refractivity contribution is 6.02. The Kier molecular flexibility index (Phi) is 11.4.